The lowest BCUT2D eigenvalue weighted by Gasteiger charge is -2.15. The molecular formula is C17H16O4. The molecule has 0 saturated heterocycles. The second-order valence-corrected chi connectivity index (χ2v) is 4.62. The summed E-state index contributed by atoms with van der Waals surface area (Å²) < 4.78 is 10.4. The van der Waals surface area contributed by atoms with E-state index in [0.717, 1.165) is 16.7 Å². The van der Waals surface area contributed by atoms with Crippen LogP contribution in [0.2, 0.25) is 0 Å². The molecule has 2 aromatic carbocycles. The van der Waals surface area contributed by atoms with Crippen LogP contribution in [0.5, 0.6) is 11.5 Å². The molecule has 0 bridgehead atoms. The number of carbonyl (C=O) groups is 2. The number of hydrogen-bond donors (Lipinski definition) is 0. The summed E-state index contributed by atoms with van der Waals surface area (Å²) in [5, 5.41) is 0. The molecule has 0 N–H and O–H groups in total. The summed E-state index contributed by atoms with van der Waals surface area (Å²) in [4.78, 5) is 22.4. The van der Waals surface area contributed by atoms with Gasteiger partial charge in [-0.05, 0) is 24.6 Å². The van der Waals surface area contributed by atoms with Crippen LogP contribution >= 0.6 is 0 Å². The normalized spacial score (nSPS) is 10.0. The first-order valence-electron chi connectivity index (χ1n) is 6.55. The quantitative estimate of drug-likeness (QED) is 0.639. The average Bonchev–Trinajstić information content (AvgIpc) is 2.42. The summed E-state index contributed by atoms with van der Waals surface area (Å²) in [6.07, 6.45) is 0. The third-order valence-corrected chi connectivity index (χ3v) is 2.95. The van der Waals surface area contributed by atoms with E-state index in [4.69, 9.17) is 9.47 Å². The van der Waals surface area contributed by atoms with Crippen LogP contribution in [0.25, 0.3) is 11.1 Å². The van der Waals surface area contributed by atoms with Gasteiger partial charge in [0.15, 0.2) is 0 Å². The van der Waals surface area contributed by atoms with E-state index < -0.39 is 11.9 Å². The standard InChI is InChI=1S/C17H16O4/c1-11-15(20-12(2)18)9-10-16(21-13(3)19)17(11)14-7-5-4-6-8-14/h4-10H,1-3H3. The van der Waals surface area contributed by atoms with E-state index in [1.54, 1.807) is 12.1 Å². The number of ether oxygens (including phenoxy) is 2. The second-order valence-electron chi connectivity index (χ2n) is 4.62. The van der Waals surface area contributed by atoms with Crippen LogP contribution in [-0.2, 0) is 9.59 Å². The first-order chi connectivity index (χ1) is 9.99. The molecule has 0 heterocycles. The molecule has 2 rings (SSSR count). The Bertz CT molecular complexity index is 675. The third-order valence-electron chi connectivity index (χ3n) is 2.95. The summed E-state index contributed by atoms with van der Waals surface area (Å²) in [5.41, 5.74) is 2.37. The number of carbonyl (C=O) groups excluding carboxylic acids is 2. The van der Waals surface area contributed by atoms with Gasteiger partial charge in [0.1, 0.15) is 11.5 Å². The molecule has 0 amide bonds. The Morgan fingerprint density at radius 2 is 1.33 bits per heavy atom. The molecule has 4 nitrogen and oxygen atoms in total. The van der Waals surface area contributed by atoms with Crippen LogP contribution in [-0.4, -0.2) is 11.9 Å². The number of esters is 2. The van der Waals surface area contributed by atoms with Crippen molar-refractivity contribution in [2.75, 3.05) is 0 Å². The van der Waals surface area contributed by atoms with Gasteiger partial charge in [-0.15, -0.1) is 0 Å². The van der Waals surface area contributed by atoms with Crippen LogP contribution in [0.4, 0.5) is 0 Å². The summed E-state index contributed by atoms with van der Waals surface area (Å²) in [7, 11) is 0. The summed E-state index contributed by atoms with van der Waals surface area (Å²) in [6, 6.07) is 12.8. The van der Waals surface area contributed by atoms with E-state index in [2.05, 4.69) is 0 Å². The van der Waals surface area contributed by atoms with Crippen molar-refractivity contribution in [1.82, 2.24) is 0 Å². The molecule has 0 aliphatic heterocycles. The van der Waals surface area contributed by atoms with Crippen molar-refractivity contribution in [2.24, 2.45) is 0 Å². The highest BCUT2D eigenvalue weighted by molar-refractivity contribution is 5.81. The largest absolute Gasteiger partial charge is 0.426 e. The van der Waals surface area contributed by atoms with Gasteiger partial charge in [0.25, 0.3) is 0 Å². The highest BCUT2D eigenvalue weighted by Crippen LogP contribution is 2.38. The minimum Gasteiger partial charge on any atom is -0.426 e. The fourth-order valence-corrected chi connectivity index (χ4v) is 2.14. The molecule has 0 unspecified atom stereocenters. The number of rotatable bonds is 3. The zero-order valence-electron chi connectivity index (χ0n) is 12.2. The van der Waals surface area contributed by atoms with E-state index >= 15 is 0 Å². The molecule has 2 aromatic rings. The fourth-order valence-electron chi connectivity index (χ4n) is 2.14. The van der Waals surface area contributed by atoms with Gasteiger partial charge in [-0.25, -0.2) is 0 Å². The van der Waals surface area contributed by atoms with E-state index in [-0.39, 0.29) is 0 Å². The second kappa shape index (κ2) is 6.22. The Hall–Kier alpha value is -2.62. The Labute approximate surface area is 123 Å². The molecule has 0 radical (unpaired) electrons. The molecule has 0 aromatic heterocycles. The zero-order valence-corrected chi connectivity index (χ0v) is 12.2. The summed E-state index contributed by atoms with van der Waals surface area (Å²) in [6.45, 7) is 4.53. The molecule has 0 aliphatic carbocycles. The van der Waals surface area contributed by atoms with Gasteiger partial charge >= 0.3 is 11.9 Å². The molecule has 0 saturated carbocycles. The minimum atomic E-state index is -0.396. The SMILES string of the molecule is CC(=O)Oc1ccc(OC(C)=O)c(-c2ccccc2)c1C. The van der Waals surface area contributed by atoms with Gasteiger partial charge in [0, 0.05) is 25.0 Å². The first-order valence-corrected chi connectivity index (χ1v) is 6.55. The van der Waals surface area contributed by atoms with E-state index in [1.165, 1.54) is 13.8 Å². The summed E-state index contributed by atoms with van der Waals surface area (Å²) >= 11 is 0. The van der Waals surface area contributed by atoms with Gasteiger partial charge in [0.2, 0.25) is 0 Å². The molecule has 0 atom stereocenters. The van der Waals surface area contributed by atoms with Crippen LogP contribution in [0.3, 0.4) is 0 Å². The van der Waals surface area contributed by atoms with Crippen molar-refractivity contribution in [1.29, 1.82) is 0 Å². The fraction of sp³-hybridized carbons (Fsp3) is 0.176. The smallest absolute Gasteiger partial charge is 0.308 e. The molecule has 108 valence electrons. The molecule has 0 aliphatic rings. The van der Waals surface area contributed by atoms with E-state index in [1.807, 2.05) is 37.3 Å². The van der Waals surface area contributed by atoms with Crippen molar-refractivity contribution in [3.05, 3.63) is 48.0 Å². The topological polar surface area (TPSA) is 52.6 Å². The van der Waals surface area contributed by atoms with Crippen LogP contribution in [0, 0.1) is 6.92 Å². The van der Waals surface area contributed by atoms with Gasteiger partial charge in [-0.3, -0.25) is 9.59 Å². The average molecular weight is 284 g/mol. The lowest BCUT2D eigenvalue weighted by Crippen LogP contribution is -2.06. The number of hydrogen-bond acceptors (Lipinski definition) is 4. The Morgan fingerprint density at radius 3 is 1.90 bits per heavy atom. The Kier molecular flexibility index (Phi) is 4.38. The molecule has 0 spiro atoms. The Balaban J connectivity index is 2.60. The van der Waals surface area contributed by atoms with Crippen molar-refractivity contribution < 1.29 is 19.1 Å². The van der Waals surface area contributed by atoms with Gasteiger partial charge in [0.05, 0.1) is 0 Å². The van der Waals surface area contributed by atoms with E-state index in [9.17, 15) is 9.59 Å². The lowest BCUT2D eigenvalue weighted by atomic mass is 9.98. The van der Waals surface area contributed by atoms with Crippen molar-refractivity contribution in [3.8, 4) is 22.6 Å². The predicted molar refractivity (Wildman–Crippen MR) is 79.2 cm³/mol. The molecular weight excluding hydrogens is 268 g/mol. The minimum absolute atomic E-state index is 0.391. The van der Waals surface area contributed by atoms with Gasteiger partial charge < -0.3 is 9.47 Å². The van der Waals surface area contributed by atoms with Crippen LogP contribution in [0.1, 0.15) is 19.4 Å². The van der Waals surface area contributed by atoms with Crippen molar-refractivity contribution >= 4 is 11.9 Å². The maximum atomic E-state index is 11.3. The maximum absolute atomic E-state index is 11.3. The Morgan fingerprint density at radius 1 is 0.810 bits per heavy atom. The van der Waals surface area contributed by atoms with Crippen LogP contribution < -0.4 is 9.47 Å². The maximum Gasteiger partial charge on any atom is 0.308 e. The monoisotopic (exact) mass is 284 g/mol. The molecule has 4 heteroatoms. The van der Waals surface area contributed by atoms with E-state index in [0.29, 0.717) is 11.5 Å². The zero-order chi connectivity index (χ0) is 15.4. The lowest BCUT2D eigenvalue weighted by molar-refractivity contribution is -0.133. The highest BCUT2D eigenvalue weighted by atomic mass is 16.5. The molecule has 21 heavy (non-hydrogen) atoms. The first kappa shape index (κ1) is 14.8. The van der Waals surface area contributed by atoms with Crippen molar-refractivity contribution in [3.63, 3.8) is 0 Å². The predicted octanol–water partition coefficient (Wildman–Crippen LogP) is 3.51. The summed E-state index contributed by atoms with van der Waals surface area (Å²) in [5.74, 6) is 0.114. The van der Waals surface area contributed by atoms with Gasteiger partial charge in [-0.1, -0.05) is 30.3 Å². The number of benzene rings is 2. The molecule has 0 fully saturated rings. The van der Waals surface area contributed by atoms with Crippen LogP contribution in [0.15, 0.2) is 42.5 Å². The van der Waals surface area contributed by atoms with Crippen molar-refractivity contribution in [2.45, 2.75) is 20.8 Å². The third kappa shape index (κ3) is 3.48. The highest BCUT2D eigenvalue weighted by Gasteiger charge is 2.16. The van der Waals surface area contributed by atoms with Gasteiger partial charge in [-0.2, -0.15) is 0 Å².